The second-order valence-electron chi connectivity index (χ2n) is 3.08. The Balaban J connectivity index is 2.11. The Morgan fingerprint density at radius 1 is 1.57 bits per heavy atom. The molecule has 5 heteroatoms. The summed E-state index contributed by atoms with van der Waals surface area (Å²) >= 11 is 6.78. The van der Waals surface area contributed by atoms with Crippen LogP contribution in [0.5, 0.6) is 0 Å². The average Bonchev–Trinajstić information content (AvgIpc) is 2.65. The van der Waals surface area contributed by atoms with Gasteiger partial charge in [0.25, 0.3) is 0 Å². The number of hydrogen-bond acceptors (Lipinski definition) is 4. The first kappa shape index (κ1) is 10.7. The molecule has 0 amide bonds. The van der Waals surface area contributed by atoms with Gasteiger partial charge in [0.2, 0.25) is 0 Å². The molecule has 0 bridgehead atoms. The lowest BCUT2D eigenvalue weighted by Crippen LogP contribution is -2.43. The molecule has 0 aliphatic carbocycles. The van der Waals surface area contributed by atoms with Crippen LogP contribution in [-0.2, 0) is 0 Å². The van der Waals surface area contributed by atoms with Crippen LogP contribution in [0.1, 0.15) is 10.4 Å². The highest BCUT2D eigenvalue weighted by atomic mass is 79.9. The highest BCUT2D eigenvalue weighted by Crippen LogP contribution is 2.24. The van der Waals surface area contributed by atoms with Gasteiger partial charge in [0.1, 0.15) is 0 Å². The van der Waals surface area contributed by atoms with Crippen LogP contribution in [0.2, 0.25) is 0 Å². The molecule has 2 heterocycles. The lowest BCUT2D eigenvalue weighted by atomic mass is 10.1. The van der Waals surface area contributed by atoms with Gasteiger partial charge in [0, 0.05) is 38.8 Å². The van der Waals surface area contributed by atoms with Crippen molar-refractivity contribution in [3.8, 4) is 0 Å². The zero-order valence-corrected chi connectivity index (χ0v) is 10.7. The van der Waals surface area contributed by atoms with Crippen LogP contribution in [0.3, 0.4) is 0 Å². The van der Waals surface area contributed by atoms with Crippen molar-refractivity contribution in [1.82, 2.24) is 5.32 Å². The minimum atomic E-state index is -0.000324. The van der Waals surface area contributed by atoms with Crippen molar-refractivity contribution in [3.63, 3.8) is 0 Å². The first-order valence-corrected chi connectivity index (χ1v) is 7.25. The van der Waals surface area contributed by atoms with Crippen LogP contribution in [0.15, 0.2) is 15.2 Å². The van der Waals surface area contributed by atoms with Gasteiger partial charge in [-0.15, -0.1) is 0 Å². The smallest absolute Gasteiger partial charge is 0.182 e. The molecule has 1 unspecified atom stereocenters. The Bertz CT molecular complexity index is 333. The molecule has 1 aromatic heterocycles. The standard InChI is InChI=1S/C9H10BrNOS2/c10-7-4-14-3-6(7)9(12)8-5-13-2-1-11-8/h3-4,8,11H,1-2,5H2. The molecule has 1 aliphatic heterocycles. The van der Waals surface area contributed by atoms with Crippen molar-refractivity contribution >= 4 is 44.8 Å². The number of rotatable bonds is 2. The van der Waals surface area contributed by atoms with Crippen LogP contribution in [-0.4, -0.2) is 29.9 Å². The Morgan fingerprint density at radius 3 is 3.00 bits per heavy atom. The number of thiophene rings is 1. The summed E-state index contributed by atoms with van der Waals surface area (Å²) in [6.45, 7) is 0.933. The minimum absolute atomic E-state index is 0.000324. The van der Waals surface area contributed by atoms with Gasteiger partial charge in [0.15, 0.2) is 5.78 Å². The van der Waals surface area contributed by atoms with Crippen molar-refractivity contribution in [3.05, 3.63) is 20.8 Å². The fourth-order valence-corrected chi connectivity index (χ4v) is 3.79. The molecule has 76 valence electrons. The summed E-state index contributed by atoms with van der Waals surface area (Å²) in [6, 6.07) is -0.000324. The molecule has 2 nitrogen and oxygen atoms in total. The predicted octanol–water partition coefficient (Wildman–Crippen LogP) is 2.40. The van der Waals surface area contributed by atoms with Crippen LogP contribution >= 0.6 is 39.0 Å². The lowest BCUT2D eigenvalue weighted by molar-refractivity contribution is 0.0953. The van der Waals surface area contributed by atoms with E-state index in [1.54, 1.807) is 11.3 Å². The second kappa shape index (κ2) is 4.79. The zero-order valence-electron chi connectivity index (χ0n) is 7.46. The number of hydrogen-bond donors (Lipinski definition) is 1. The third-order valence-corrected chi connectivity index (χ3v) is 4.88. The fourth-order valence-electron chi connectivity index (χ4n) is 1.38. The number of carbonyl (C=O) groups is 1. The van der Waals surface area contributed by atoms with Gasteiger partial charge in [-0.2, -0.15) is 23.1 Å². The summed E-state index contributed by atoms with van der Waals surface area (Å²) in [5, 5.41) is 7.11. The van der Waals surface area contributed by atoms with Crippen LogP contribution < -0.4 is 5.32 Å². The van der Waals surface area contributed by atoms with Gasteiger partial charge in [-0.3, -0.25) is 4.79 Å². The maximum atomic E-state index is 12.0. The van der Waals surface area contributed by atoms with Gasteiger partial charge < -0.3 is 5.32 Å². The van der Waals surface area contributed by atoms with E-state index in [1.807, 2.05) is 22.5 Å². The molecule has 0 spiro atoms. The van der Waals surface area contributed by atoms with E-state index < -0.39 is 0 Å². The molecule has 2 rings (SSSR count). The van der Waals surface area contributed by atoms with Crippen LogP contribution in [0.4, 0.5) is 0 Å². The molecule has 1 saturated heterocycles. The zero-order chi connectivity index (χ0) is 9.97. The van der Waals surface area contributed by atoms with Crippen LogP contribution in [0, 0.1) is 0 Å². The fraction of sp³-hybridized carbons (Fsp3) is 0.444. The highest BCUT2D eigenvalue weighted by Gasteiger charge is 2.23. The van der Waals surface area contributed by atoms with Gasteiger partial charge in [-0.1, -0.05) is 0 Å². The first-order chi connectivity index (χ1) is 6.79. The maximum absolute atomic E-state index is 12.0. The van der Waals surface area contributed by atoms with E-state index in [9.17, 15) is 4.79 Å². The molecule has 0 saturated carbocycles. The molecule has 14 heavy (non-hydrogen) atoms. The third kappa shape index (κ3) is 2.21. The van der Waals surface area contributed by atoms with Crippen molar-refractivity contribution in [1.29, 1.82) is 0 Å². The molecule has 1 atom stereocenters. The molecular weight excluding hydrogens is 282 g/mol. The Hall–Kier alpha value is 0.160. The van der Waals surface area contributed by atoms with Crippen molar-refractivity contribution in [2.75, 3.05) is 18.1 Å². The SMILES string of the molecule is O=C(c1cscc1Br)C1CSCCN1. The second-order valence-corrected chi connectivity index (χ2v) is 5.83. The summed E-state index contributed by atoms with van der Waals surface area (Å²) in [6.07, 6.45) is 0. The summed E-state index contributed by atoms with van der Waals surface area (Å²) in [7, 11) is 0. The number of thioether (sulfide) groups is 1. The monoisotopic (exact) mass is 291 g/mol. The van der Waals surface area contributed by atoms with E-state index in [1.165, 1.54) is 0 Å². The van der Waals surface area contributed by atoms with Gasteiger partial charge in [-0.05, 0) is 15.9 Å². The molecule has 0 radical (unpaired) electrons. The van der Waals surface area contributed by atoms with Crippen molar-refractivity contribution in [2.24, 2.45) is 0 Å². The molecule has 1 fully saturated rings. The summed E-state index contributed by atoms with van der Waals surface area (Å²) in [5.41, 5.74) is 0.815. The Morgan fingerprint density at radius 2 is 2.43 bits per heavy atom. The van der Waals surface area contributed by atoms with E-state index in [4.69, 9.17) is 0 Å². The lowest BCUT2D eigenvalue weighted by Gasteiger charge is -2.21. The summed E-state index contributed by atoms with van der Waals surface area (Å²) < 4.78 is 0.921. The highest BCUT2D eigenvalue weighted by molar-refractivity contribution is 9.10. The molecular formula is C9H10BrNOS2. The maximum Gasteiger partial charge on any atom is 0.182 e. The number of nitrogens with one attached hydrogen (secondary N) is 1. The number of Topliss-reactive ketones (excluding diaryl/α,β-unsaturated/α-hetero) is 1. The largest absolute Gasteiger partial charge is 0.306 e. The Labute approximate surface area is 99.6 Å². The Kier molecular flexibility index (Phi) is 3.65. The summed E-state index contributed by atoms with van der Waals surface area (Å²) in [4.78, 5) is 12.0. The van der Waals surface area contributed by atoms with E-state index in [0.717, 1.165) is 28.1 Å². The first-order valence-electron chi connectivity index (χ1n) is 4.36. The molecule has 1 aliphatic rings. The quantitative estimate of drug-likeness (QED) is 0.849. The average molecular weight is 292 g/mol. The predicted molar refractivity (Wildman–Crippen MR) is 65.5 cm³/mol. The van der Waals surface area contributed by atoms with Crippen molar-refractivity contribution < 1.29 is 4.79 Å². The number of halogens is 1. The summed E-state index contributed by atoms with van der Waals surface area (Å²) in [5.74, 6) is 2.21. The normalized spacial score (nSPS) is 22.2. The minimum Gasteiger partial charge on any atom is -0.306 e. The topological polar surface area (TPSA) is 29.1 Å². The van der Waals surface area contributed by atoms with E-state index in [2.05, 4.69) is 21.2 Å². The molecule has 1 aromatic rings. The number of carbonyl (C=O) groups excluding carboxylic acids is 1. The molecule has 0 aromatic carbocycles. The van der Waals surface area contributed by atoms with E-state index in [0.29, 0.717) is 0 Å². The van der Waals surface area contributed by atoms with Gasteiger partial charge in [-0.25, -0.2) is 0 Å². The number of ketones is 1. The third-order valence-electron chi connectivity index (χ3n) is 2.12. The van der Waals surface area contributed by atoms with Gasteiger partial charge >= 0.3 is 0 Å². The van der Waals surface area contributed by atoms with Crippen LogP contribution in [0.25, 0.3) is 0 Å². The van der Waals surface area contributed by atoms with Gasteiger partial charge in [0.05, 0.1) is 6.04 Å². The van der Waals surface area contributed by atoms with Crippen molar-refractivity contribution in [2.45, 2.75) is 6.04 Å². The molecule has 1 N–H and O–H groups in total. The van der Waals surface area contributed by atoms with E-state index >= 15 is 0 Å². The van der Waals surface area contributed by atoms with E-state index in [-0.39, 0.29) is 11.8 Å².